The molecular weight excluding hydrogens is 348 g/mol. The summed E-state index contributed by atoms with van der Waals surface area (Å²) in [6.07, 6.45) is 0. The Hall–Kier alpha value is -3.44. The van der Waals surface area contributed by atoms with Crippen LogP contribution in [0, 0.1) is 11.3 Å². The number of amides is 1. The number of hydrogen-bond donors (Lipinski definition) is 2. The first kappa shape index (κ1) is 16.1. The lowest BCUT2D eigenvalue weighted by molar-refractivity contribution is -0.115. The van der Waals surface area contributed by atoms with E-state index in [4.69, 9.17) is 11.0 Å². The number of anilines is 1. The number of primary amides is 1. The number of nitrogens with one attached hydrogen (secondary N) is 1. The lowest BCUT2D eigenvalue weighted by Crippen LogP contribution is -2.31. The molecule has 1 aliphatic rings. The van der Waals surface area contributed by atoms with Crippen LogP contribution in [0.15, 0.2) is 53.0 Å². The van der Waals surface area contributed by atoms with Gasteiger partial charge in [0.05, 0.1) is 22.1 Å². The molecule has 0 aliphatic carbocycles. The van der Waals surface area contributed by atoms with Crippen molar-refractivity contribution in [2.45, 2.75) is 13.0 Å². The van der Waals surface area contributed by atoms with Crippen LogP contribution in [0.1, 0.15) is 24.1 Å². The standard InChI is InChI=1S/C18H14N6OS/c1-10-14(16(20)25)15(12-6-4-11(9-19)5-7-12)24-18(21-10)22-17(23-24)13-3-2-8-26-13/h2-8,15H,1H3,(H2,20,25)(H,21,22,23)/t15-/m1/s1. The van der Waals surface area contributed by atoms with E-state index >= 15 is 0 Å². The van der Waals surface area contributed by atoms with E-state index in [1.54, 1.807) is 47.2 Å². The molecule has 2 aromatic heterocycles. The number of rotatable bonds is 3. The number of carbonyl (C=O) groups is 1. The Morgan fingerprint density at radius 1 is 1.35 bits per heavy atom. The second-order valence-electron chi connectivity index (χ2n) is 5.85. The first-order valence-electron chi connectivity index (χ1n) is 7.86. The summed E-state index contributed by atoms with van der Waals surface area (Å²) in [7, 11) is 0. The zero-order chi connectivity index (χ0) is 18.3. The minimum atomic E-state index is -0.525. The normalized spacial score (nSPS) is 15.9. The molecule has 1 amide bonds. The summed E-state index contributed by atoms with van der Waals surface area (Å²) in [5, 5.41) is 18.7. The predicted molar refractivity (Wildman–Crippen MR) is 98.1 cm³/mol. The minimum Gasteiger partial charge on any atom is -0.366 e. The number of carbonyl (C=O) groups excluding carboxylic acids is 1. The number of thiophene rings is 1. The van der Waals surface area contributed by atoms with Gasteiger partial charge in [0.1, 0.15) is 6.04 Å². The first-order valence-corrected chi connectivity index (χ1v) is 8.74. The van der Waals surface area contributed by atoms with Crippen LogP contribution in [0.4, 0.5) is 5.95 Å². The van der Waals surface area contributed by atoms with E-state index < -0.39 is 11.9 Å². The highest BCUT2D eigenvalue weighted by Gasteiger charge is 2.33. The highest BCUT2D eigenvalue weighted by molar-refractivity contribution is 7.13. The molecule has 3 N–H and O–H groups in total. The third-order valence-corrected chi connectivity index (χ3v) is 5.08. The molecule has 0 bridgehead atoms. The number of nitriles is 1. The van der Waals surface area contributed by atoms with Crippen LogP contribution in [0.5, 0.6) is 0 Å². The quantitative estimate of drug-likeness (QED) is 0.744. The van der Waals surface area contributed by atoms with Crippen LogP contribution in [0.25, 0.3) is 10.7 Å². The Balaban J connectivity index is 1.88. The predicted octanol–water partition coefficient (Wildman–Crippen LogP) is 2.65. The van der Waals surface area contributed by atoms with Crippen LogP contribution in [-0.2, 0) is 4.79 Å². The van der Waals surface area contributed by atoms with Crippen molar-refractivity contribution in [3.63, 3.8) is 0 Å². The van der Waals surface area contributed by atoms with Gasteiger partial charge < -0.3 is 11.1 Å². The van der Waals surface area contributed by atoms with Crippen LogP contribution < -0.4 is 11.1 Å². The van der Waals surface area contributed by atoms with Gasteiger partial charge in [-0.3, -0.25) is 4.79 Å². The van der Waals surface area contributed by atoms with E-state index in [2.05, 4.69) is 21.5 Å². The number of aromatic nitrogens is 3. The lowest BCUT2D eigenvalue weighted by atomic mass is 9.95. The summed E-state index contributed by atoms with van der Waals surface area (Å²) >= 11 is 1.54. The molecule has 0 spiro atoms. The van der Waals surface area contributed by atoms with Gasteiger partial charge in [-0.25, -0.2) is 4.68 Å². The van der Waals surface area contributed by atoms with E-state index in [9.17, 15) is 4.79 Å². The molecule has 0 saturated heterocycles. The van der Waals surface area contributed by atoms with Gasteiger partial charge in [0.25, 0.3) is 0 Å². The zero-order valence-electron chi connectivity index (χ0n) is 13.8. The molecule has 0 saturated carbocycles. The van der Waals surface area contributed by atoms with Gasteiger partial charge in [0.2, 0.25) is 11.9 Å². The molecule has 1 aromatic carbocycles. The Morgan fingerprint density at radius 2 is 2.12 bits per heavy atom. The van der Waals surface area contributed by atoms with Crippen molar-refractivity contribution >= 4 is 23.2 Å². The number of nitrogens with zero attached hydrogens (tertiary/aromatic N) is 4. The topological polar surface area (TPSA) is 110 Å². The van der Waals surface area contributed by atoms with E-state index in [1.165, 1.54) is 0 Å². The van der Waals surface area contributed by atoms with E-state index in [-0.39, 0.29) is 0 Å². The minimum absolute atomic E-state index is 0.421. The van der Waals surface area contributed by atoms with Crippen LogP contribution in [0.2, 0.25) is 0 Å². The smallest absolute Gasteiger partial charge is 0.248 e. The Kier molecular flexibility index (Phi) is 3.78. The SMILES string of the molecule is CC1=C(C(N)=O)[C@@H](c2ccc(C#N)cc2)n2nc(-c3cccs3)nc2N1. The van der Waals surface area contributed by atoms with Gasteiger partial charge in [0.15, 0.2) is 5.82 Å². The molecule has 7 nitrogen and oxygen atoms in total. The van der Waals surface area contributed by atoms with Crippen LogP contribution in [-0.4, -0.2) is 20.7 Å². The third kappa shape index (κ3) is 2.55. The molecule has 3 aromatic rings. The number of fused-ring (bicyclic) bond motifs is 1. The molecule has 1 atom stereocenters. The molecular formula is C18H14N6OS. The second-order valence-corrected chi connectivity index (χ2v) is 6.79. The molecule has 0 fully saturated rings. The maximum atomic E-state index is 12.1. The summed E-state index contributed by atoms with van der Waals surface area (Å²) in [5.41, 5.74) is 8.07. The van der Waals surface area contributed by atoms with Crippen molar-refractivity contribution in [2.75, 3.05) is 5.32 Å². The largest absolute Gasteiger partial charge is 0.366 e. The van der Waals surface area contributed by atoms with Crippen molar-refractivity contribution in [1.82, 2.24) is 14.8 Å². The average Bonchev–Trinajstić information content (AvgIpc) is 3.29. The molecule has 0 radical (unpaired) electrons. The Labute approximate surface area is 153 Å². The number of nitrogens with two attached hydrogens (primary N) is 1. The van der Waals surface area contributed by atoms with Gasteiger partial charge >= 0.3 is 0 Å². The summed E-state index contributed by atoms with van der Waals surface area (Å²) in [6.45, 7) is 1.79. The van der Waals surface area contributed by atoms with E-state index in [1.807, 2.05) is 17.5 Å². The van der Waals surface area contributed by atoms with Crippen molar-refractivity contribution in [3.05, 3.63) is 64.2 Å². The van der Waals surface area contributed by atoms with Gasteiger partial charge in [-0.1, -0.05) is 18.2 Å². The molecule has 0 unspecified atom stereocenters. The fourth-order valence-corrected chi connectivity index (χ4v) is 3.68. The molecule has 26 heavy (non-hydrogen) atoms. The monoisotopic (exact) mass is 362 g/mol. The molecule has 8 heteroatoms. The molecule has 1 aliphatic heterocycles. The molecule has 4 rings (SSSR count). The highest BCUT2D eigenvalue weighted by atomic mass is 32.1. The molecule has 3 heterocycles. The Morgan fingerprint density at radius 3 is 2.73 bits per heavy atom. The van der Waals surface area contributed by atoms with Gasteiger partial charge in [-0.2, -0.15) is 10.2 Å². The summed E-state index contributed by atoms with van der Waals surface area (Å²) in [6, 6.07) is 12.5. The van der Waals surface area contributed by atoms with Gasteiger partial charge in [0, 0.05) is 5.70 Å². The van der Waals surface area contributed by atoms with Crippen molar-refractivity contribution < 1.29 is 4.79 Å². The summed E-state index contributed by atoms with van der Waals surface area (Å²) in [5.74, 6) is 0.605. The number of hydrogen-bond acceptors (Lipinski definition) is 6. The Bertz CT molecular complexity index is 1060. The highest BCUT2D eigenvalue weighted by Crippen LogP contribution is 2.36. The molecule has 128 valence electrons. The van der Waals surface area contributed by atoms with Crippen molar-refractivity contribution in [1.29, 1.82) is 5.26 Å². The third-order valence-electron chi connectivity index (χ3n) is 4.22. The van der Waals surface area contributed by atoms with Crippen LogP contribution in [0.3, 0.4) is 0 Å². The van der Waals surface area contributed by atoms with Gasteiger partial charge in [-0.05, 0) is 36.1 Å². The number of allylic oxidation sites excluding steroid dienone is 1. The van der Waals surface area contributed by atoms with Crippen molar-refractivity contribution in [3.8, 4) is 16.8 Å². The lowest BCUT2D eigenvalue weighted by Gasteiger charge is -2.27. The van der Waals surface area contributed by atoms with Crippen LogP contribution >= 0.6 is 11.3 Å². The average molecular weight is 362 g/mol. The number of benzene rings is 1. The zero-order valence-corrected chi connectivity index (χ0v) is 14.6. The second kappa shape index (κ2) is 6.13. The van der Waals surface area contributed by atoms with E-state index in [0.29, 0.717) is 28.6 Å². The summed E-state index contributed by atoms with van der Waals surface area (Å²) in [4.78, 5) is 17.6. The fourth-order valence-electron chi connectivity index (χ4n) is 3.03. The van der Waals surface area contributed by atoms with Crippen molar-refractivity contribution in [2.24, 2.45) is 5.73 Å². The first-order chi connectivity index (χ1) is 12.6. The summed E-state index contributed by atoms with van der Waals surface area (Å²) < 4.78 is 1.67. The van der Waals surface area contributed by atoms with Gasteiger partial charge in [-0.15, -0.1) is 16.4 Å². The van der Waals surface area contributed by atoms with E-state index in [0.717, 1.165) is 10.4 Å². The maximum Gasteiger partial charge on any atom is 0.248 e. The maximum absolute atomic E-state index is 12.1. The fraction of sp³-hybridized carbons (Fsp3) is 0.111.